The summed E-state index contributed by atoms with van der Waals surface area (Å²) in [7, 11) is 0. The van der Waals surface area contributed by atoms with Crippen LogP contribution < -0.4 is 10.6 Å². The Balaban J connectivity index is 1.35. The number of rotatable bonds is 10. The molecule has 1 fully saturated rings. The molecule has 0 aliphatic heterocycles. The number of fused-ring (bicyclic) bond motifs is 3. The lowest BCUT2D eigenvalue weighted by molar-refractivity contribution is -0.142. The third-order valence-electron chi connectivity index (χ3n) is 6.76. The molecule has 4 rings (SSSR count). The number of carbonyl (C=O) groups is 3. The highest BCUT2D eigenvalue weighted by molar-refractivity contribution is 7.98. The van der Waals surface area contributed by atoms with Crippen LogP contribution in [-0.4, -0.2) is 53.3 Å². The Bertz CT molecular complexity index is 1020. The molecule has 2 aliphatic carbocycles. The van der Waals surface area contributed by atoms with Gasteiger partial charge in [0.25, 0.3) is 0 Å². The first kappa shape index (κ1) is 24.1. The van der Waals surface area contributed by atoms with Crippen LogP contribution in [0.3, 0.4) is 0 Å². The van der Waals surface area contributed by atoms with Crippen molar-refractivity contribution >= 4 is 29.7 Å². The number of carboxylic acid groups (broad SMARTS) is 1. The zero-order chi connectivity index (χ0) is 24.1. The van der Waals surface area contributed by atoms with Crippen LogP contribution in [0.25, 0.3) is 11.1 Å². The highest BCUT2D eigenvalue weighted by atomic mass is 32.2. The topological polar surface area (TPSA) is 105 Å². The minimum Gasteiger partial charge on any atom is -0.480 e. The fourth-order valence-electron chi connectivity index (χ4n) is 4.85. The number of amides is 2. The molecule has 180 valence electrons. The minimum atomic E-state index is -1.05. The molecule has 0 heterocycles. The summed E-state index contributed by atoms with van der Waals surface area (Å²) in [6, 6.07) is 15.4. The number of carbonyl (C=O) groups excluding carboxylic acids is 2. The average Bonchev–Trinajstić information content (AvgIpc) is 3.12. The second-order valence-electron chi connectivity index (χ2n) is 9.00. The molecule has 34 heavy (non-hydrogen) atoms. The predicted molar refractivity (Wildman–Crippen MR) is 132 cm³/mol. The van der Waals surface area contributed by atoms with E-state index in [9.17, 15) is 19.5 Å². The average molecular weight is 483 g/mol. The smallest absolute Gasteiger partial charge is 0.407 e. The number of nitrogens with one attached hydrogen (secondary N) is 2. The second-order valence-corrected chi connectivity index (χ2v) is 9.99. The molecule has 2 aliphatic rings. The first-order valence-electron chi connectivity index (χ1n) is 11.6. The monoisotopic (exact) mass is 482 g/mol. The van der Waals surface area contributed by atoms with E-state index in [4.69, 9.17) is 4.74 Å². The van der Waals surface area contributed by atoms with Gasteiger partial charge in [-0.2, -0.15) is 11.8 Å². The van der Waals surface area contributed by atoms with Gasteiger partial charge < -0.3 is 20.5 Å². The van der Waals surface area contributed by atoms with Gasteiger partial charge in [0.15, 0.2) is 0 Å². The molecule has 7 nitrogen and oxygen atoms in total. The zero-order valence-corrected chi connectivity index (χ0v) is 20.0. The third kappa shape index (κ3) is 5.22. The molecule has 0 unspecified atom stereocenters. The van der Waals surface area contributed by atoms with E-state index in [-0.39, 0.29) is 24.9 Å². The van der Waals surface area contributed by atoms with Crippen molar-refractivity contribution in [3.8, 4) is 11.1 Å². The predicted octanol–water partition coefficient (Wildman–Crippen LogP) is 4.16. The lowest BCUT2D eigenvalue weighted by Gasteiger charge is -2.41. The van der Waals surface area contributed by atoms with E-state index < -0.39 is 23.6 Å². The van der Waals surface area contributed by atoms with E-state index in [1.54, 1.807) is 0 Å². The number of ether oxygens (including phenoxy) is 1. The molecule has 1 atom stereocenters. The maximum atomic E-state index is 12.7. The van der Waals surface area contributed by atoms with Crippen LogP contribution in [0.1, 0.15) is 49.1 Å². The summed E-state index contributed by atoms with van der Waals surface area (Å²) in [5, 5.41) is 14.9. The molecular weight excluding hydrogens is 452 g/mol. The van der Waals surface area contributed by atoms with E-state index in [0.717, 1.165) is 28.7 Å². The SMILES string of the molecule is CSCC[C@@H](NC(=O)CC1(NC(=O)OCC2c3ccccc3-c3ccccc32)CCC1)C(=O)O. The Kier molecular flexibility index (Phi) is 7.46. The van der Waals surface area contributed by atoms with E-state index >= 15 is 0 Å². The number of aliphatic carboxylic acids is 1. The summed E-state index contributed by atoms with van der Waals surface area (Å²) in [4.78, 5) is 36.7. The van der Waals surface area contributed by atoms with Crippen molar-refractivity contribution in [1.29, 1.82) is 0 Å². The zero-order valence-electron chi connectivity index (χ0n) is 19.2. The fraction of sp³-hybridized carbons (Fsp3) is 0.423. The molecule has 8 heteroatoms. The molecule has 1 saturated carbocycles. The van der Waals surface area contributed by atoms with Crippen molar-refractivity contribution in [3.05, 3.63) is 59.7 Å². The summed E-state index contributed by atoms with van der Waals surface area (Å²) in [5.41, 5.74) is 3.91. The Morgan fingerprint density at radius 2 is 1.71 bits per heavy atom. The van der Waals surface area contributed by atoms with Crippen LogP contribution in [-0.2, 0) is 14.3 Å². The highest BCUT2D eigenvalue weighted by Crippen LogP contribution is 2.44. The van der Waals surface area contributed by atoms with Crippen molar-refractivity contribution in [2.45, 2.75) is 49.6 Å². The Morgan fingerprint density at radius 1 is 1.09 bits per heavy atom. The van der Waals surface area contributed by atoms with Crippen molar-refractivity contribution in [2.24, 2.45) is 0 Å². The van der Waals surface area contributed by atoms with E-state index in [1.165, 1.54) is 11.8 Å². The van der Waals surface area contributed by atoms with Gasteiger partial charge in [-0.15, -0.1) is 0 Å². The van der Waals surface area contributed by atoms with Gasteiger partial charge in [-0.05, 0) is 59.9 Å². The van der Waals surface area contributed by atoms with E-state index in [1.807, 2.05) is 30.5 Å². The lowest BCUT2D eigenvalue weighted by Crippen LogP contribution is -2.57. The number of hydrogen-bond donors (Lipinski definition) is 3. The highest BCUT2D eigenvalue weighted by Gasteiger charge is 2.41. The first-order valence-corrected chi connectivity index (χ1v) is 13.0. The summed E-state index contributed by atoms with van der Waals surface area (Å²) < 4.78 is 5.65. The Hall–Kier alpha value is -3.00. The summed E-state index contributed by atoms with van der Waals surface area (Å²) in [6.07, 6.45) is 3.95. The molecule has 2 aromatic carbocycles. The molecule has 2 amide bonds. The normalized spacial score (nSPS) is 16.5. The molecular formula is C26H30N2O5S. The fourth-order valence-corrected chi connectivity index (χ4v) is 5.32. The van der Waals surface area contributed by atoms with Gasteiger partial charge in [0.05, 0.1) is 5.54 Å². The van der Waals surface area contributed by atoms with Gasteiger partial charge in [-0.25, -0.2) is 9.59 Å². The number of benzene rings is 2. The van der Waals surface area contributed by atoms with Gasteiger partial charge in [-0.3, -0.25) is 4.79 Å². The molecule has 0 saturated heterocycles. The molecule has 2 aromatic rings. The summed E-state index contributed by atoms with van der Waals surface area (Å²) in [5.74, 6) is -0.811. The van der Waals surface area contributed by atoms with Crippen molar-refractivity contribution < 1.29 is 24.2 Å². The lowest BCUT2D eigenvalue weighted by atomic mass is 9.74. The van der Waals surface area contributed by atoms with E-state index in [2.05, 4.69) is 34.9 Å². The number of hydrogen-bond acceptors (Lipinski definition) is 5. The van der Waals surface area contributed by atoms with Crippen molar-refractivity contribution in [3.63, 3.8) is 0 Å². The number of alkyl carbamates (subject to hydrolysis) is 1. The minimum absolute atomic E-state index is 0.0356. The maximum Gasteiger partial charge on any atom is 0.407 e. The molecule has 3 N–H and O–H groups in total. The summed E-state index contributed by atoms with van der Waals surface area (Å²) >= 11 is 1.53. The van der Waals surface area contributed by atoms with Gasteiger partial charge in [0.1, 0.15) is 12.6 Å². The largest absolute Gasteiger partial charge is 0.480 e. The molecule has 0 spiro atoms. The van der Waals surface area contributed by atoms with Crippen LogP contribution in [0.2, 0.25) is 0 Å². The van der Waals surface area contributed by atoms with Crippen LogP contribution >= 0.6 is 11.8 Å². The standard InChI is InChI=1S/C26H30N2O5S/c1-34-14-11-22(24(30)31)27-23(29)15-26(12-6-13-26)28-25(32)33-16-21-19-9-4-2-7-17(19)18-8-3-5-10-20(18)21/h2-5,7-10,21-22H,6,11-16H2,1H3,(H,27,29)(H,28,32)(H,30,31)/t22-/m1/s1. The first-order chi connectivity index (χ1) is 16.4. The van der Waals surface area contributed by atoms with Crippen molar-refractivity contribution in [1.82, 2.24) is 10.6 Å². The van der Waals surface area contributed by atoms with Crippen LogP contribution in [0.4, 0.5) is 4.79 Å². The second kappa shape index (κ2) is 10.5. The van der Waals surface area contributed by atoms with E-state index in [0.29, 0.717) is 25.0 Å². The number of carboxylic acids is 1. The molecule has 0 bridgehead atoms. The van der Waals surface area contributed by atoms with Gasteiger partial charge >= 0.3 is 12.1 Å². The Labute approximate surface area is 203 Å². The number of thioether (sulfide) groups is 1. The Morgan fingerprint density at radius 3 is 2.24 bits per heavy atom. The van der Waals surface area contributed by atoms with Gasteiger partial charge in [0.2, 0.25) is 5.91 Å². The molecule has 0 aromatic heterocycles. The summed E-state index contributed by atoms with van der Waals surface area (Å²) in [6.45, 7) is 0.206. The quantitative estimate of drug-likeness (QED) is 0.470. The van der Waals surface area contributed by atoms with Gasteiger partial charge in [0, 0.05) is 12.3 Å². The third-order valence-corrected chi connectivity index (χ3v) is 7.41. The molecule has 0 radical (unpaired) electrons. The van der Waals surface area contributed by atoms with Crippen molar-refractivity contribution in [2.75, 3.05) is 18.6 Å². The van der Waals surface area contributed by atoms with Crippen LogP contribution in [0, 0.1) is 0 Å². The van der Waals surface area contributed by atoms with Gasteiger partial charge in [-0.1, -0.05) is 48.5 Å². The maximum absolute atomic E-state index is 12.7. The van der Waals surface area contributed by atoms with Crippen LogP contribution in [0.15, 0.2) is 48.5 Å². The van der Waals surface area contributed by atoms with Crippen LogP contribution in [0.5, 0.6) is 0 Å².